The minimum absolute atomic E-state index is 0.221. The van der Waals surface area contributed by atoms with Crippen molar-refractivity contribution in [2.24, 2.45) is 0 Å². The van der Waals surface area contributed by atoms with E-state index in [0.717, 1.165) is 42.8 Å². The smallest absolute Gasteiger partial charge is 0.125 e. The Balaban J connectivity index is 2.13. The molecule has 1 N–H and O–H groups in total. The number of fused-ring (bicyclic) bond motifs is 1. The third-order valence-electron chi connectivity index (χ3n) is 3.24. The summed E-state index contributed by atoms with van der Waals surface area (Å²) in [5.41, 5.74) is 1.78. The molecule has 2 rings (SSSR count). The van der Waals surface area contributed by atoms with Crippen LogP contribution in [0.4, 0.5) is 4.39 Å². The van der Waals surface area contributed by atoms with Gasteiger partial charge in [-0.1, -0.05) is 13.8 Å². The Morgan fingerprint density at radius 2 is 2.16 bits per heavy atom. The first-order valence-corrected chi connectivity index (χ1v) is 7.00. The quantitative estimate of drug-likeness (QED) is 0.811. The first-order valence-electron chi connectivity index (χ1n) is 7.00. The lowest BCUT2D eigenvalue weighted by Crippen LogP contribution is -2.24. The van der Waals surface area contributed by atoms with Gasteiger partial charge in [-0.2, -0.15) is 0 Å². The second-order valence-corrected chi connectivity index (χ2v) is 5.12. The van der Waals surface area contributed by atoms with Gasteiger partial charge in [0.2, 0.25) is 0 Å². The average Bonchev–Trinajstić information content (AvgIpc) is 2.70. The maximum absolute atomic E-state index is 13.2. The molecular weight excluding hydrogens is 241 g/mol. The van der Waals surface area contributed by atoms with Crippen LogP contribution in [0.25, 0.3) is 11.0 Å². The van der Waals surface area contributed by atoms with E-state index in [9.17, 15) is 4.39 Å². The number of nitrogens with zero attached hydrogens (tertiary/aromatic N) is 2. The van der Waals surface area contributed by atoms with Crippen molar-refractivity contribution in [3.63, 3.8) is 0 Å². The Morgan fingerprint density at radius 3 is 2.84 bits per heavy atom. The van der Waals surface area contributed by atoms with E-state index in [4.69, 9.17) is 0 Å². The number of hydrogen-bond acceptors (Lipinski definition) is 2. The molecule has 0 aliphatic heterocycles. The van der Waals surface area contributed by atoms with Crippen LogP contribution in [-0.4, -0.2) is 22.1 Å². The lowest BCUT2D eigenvalue weighted by molar-refractivity contribution is 0.560. The summed E-state index contributed by atoms with van der Waals surface area (Å²) >= 11 is 0. The van der Waals surface area contributed by atoms with Crippen LogP contribution in [0.15, 0.2) is 18.2 Å². The lowest BCUT2D eigenvalue weighted by Gasteiger charge is -2.08. The second kappa shape index (κ2) is 6.15. The molecule has 0 spiro atoms. The van der Waals surface area contributed by atoms with Gasteiger partial charge in [-0.15, -0.1) is 0 Å². The summed E-state index contributed by atoms with van der Waals surface area (Å²) in [6.45, 7) is 8.24. The highest BCUT2D eigenvalue weighted by Gasteiger charge is 2.09. The van der Waals surface area contributed by atoms with Crippen molar-refractivity contribution in [3.05, 3.63) is 29.8 Å². The zero-order valence-corrected chi connectivity index (χ0v) is 11.9. The summed E-state index contributed by atoms with van der Waals surface area (Å²) in [4.78, 5) is 4.56. The molecular formula is C15H22FN3. The predicted molar refractivity (Wildman–Crippen MR) is 76.8 cm³/mol. The number of benzene rings is 1. The molecule has 1 aromatic heterocycles. The monoisotopic (exact) mass is 263 g/mol. The predicted octanol–water partition coefficient (Wildman–Crippen LogP) is 3.13. The van der Waals surface area contributed by atoms with E-state index in [1.54, 1.807) is 0 Å². The molecule has 2 aromatic rings. The van der Waals surface area contributed by atoms with E-state index in [1.165, 1.54) is 12.1 Å². The molecule has 1 heterocycles. The van der Waals surface area contributed by atoms with Gasteiger partial charge < -0.3 is 9.88 Å². The van der Waals surface area contributed by atoms with Crippen molar-refractivity contribution in [1.82, 2.24) is 14.9 Å². The van der Waals surface area contributed by atoms with Gasteiger partial charge >= 0.3 is 0 Å². The number of nitrogens with one attached hydrogen (secondary N) is 1. The van der Waals surface area contributed by atoms with Gasteiger partial charge in [0.15, 0.2) is 0 Å². The van der Waals surface area contributed by atoms with Gasteiger partial charge in [0, 0.05) is 25.1 Å². The Labute approximate surface area is 113 Å². The van der Waals surface area contributed by atoms with Crippen molar-refractivity contribution in [2.45, 2.75) is 46.2 Å². The van der Waals surface area contributed by atoms with E-state index in [1.807, 2.05) is 6.07 Å². The molecule has 0 radical (unpaired) electrons. The summed E-state index contributed by atoms with van der Waals surface area (Å²) in [7, 11) is 0. The van der Waals surface area contributed by atoms with E-state index in [-0.39, 0.29) is 5.82 Å². The van der Waals surface area contributed by atoms with E-state index in [0.29, 0.717) is 6.04 Å². The number of rotatable bonds is 6. The molecule has 0 bridgehead atoms. The first kappa shape index (κ1) is 14.0. The molecule has 19 heavy (non-hydrogen) atoms. The molecule has 0 saturated heterocycles. The fourth-order valence-electron chi connectivity index (χ4n) is 2.33. The summed E-state index contributed by atoms with van der Waals surface area (Å²) in [5.74, 6) is 0.829. The summed E-state index contributed by atoms with van der Waals surface area (Å²) in [6.07, 6.45) is 1.97. The maximum atomic E-state index is 13.2. The summed E-state index contributed by atoms with van der Waals surface area (Å²) in [6, 6.07) is 5.34. The topological polar surface area (TPSA) is 29.9 Å². The largest absolute Gasteiger partial charge is 0.328 e. The average molecular weight is 263 g/mol. The highest BCUT2D eigenvalue weighted by Crippen LogP contribution is 2.18. The third kappa shape index (κ3) is 3.32. The molecule has 0 unspecified atom stereocenters. The number of aromatic nitrogens is 2. The van der Waals surface area contributed by atoms with Crippen molar-refractivity contribution in [2.75, 3.05) is 6.54 Å². The van der Waals surface area contributed by atoms with Crippen molar-refractivity contribution < 1.29 is 4.39 Å². The fourth-order valence-corrected chi connectivity index (χ4v) is 2.33. The second-order valence-electron chi connectivity index (χ2n) is 5.12. The van der Waals surface area contributed by atoms with Crippen LogP contribution in [-0.2, 0) is 13.0 Å². The minimum Gasteiger partial charge on any atom is -0.328 e. The van der Waals surface area contributed by atoms with Crippen LogP contribution in [0, 0.1) is 5.82 Å². The summed E-state index contributed by atoms with van der Waals surface area (Å²) < 4.78 is 15.4. The molecule has 0 aliphatic rings. The number of aryl methyl sites for hydroxylation is 2. The van der Waals surface area contributed by atoms with E-state index >= 15 is 0 Å². The van der Waals surface area contributed by atoms with E-state index < -0.39 is 0 Å². The number of imidazole rings is 1. The molecule has 0 saturated carbocycles. The SMILES string of the molecule is CCn1c(CCCNC(C)C)nc2cc(F)ccc21. The molecule has 104 valence electrons. The Bertz CT molecular complexity index is 546. The van der Waals surface area contributed by atoms with Gasteiger partial charge in [-0.05, 0) is 32.0 Å². The van der Waals surface area contributed by atoms with Gasteiger partial charge in [-0.3, -0.25) is 0 Å². The third-order valence-corrected chi connectivity index (χ3v) is 3.24. The Kier molecular flexibility index (Phi) is 4.53. The Hall–Kier alpha value is -1.42. The zero-order chi connectivity index (χ0) is 13.8. The van der Waals surface area contributed by atoms with Gasteiger partial charge in [0.1, 0.15) is 11.6 Å². The van der Waals surface area contributed by atoms with Crippen LogP contribution < -0.4 is 5.32 Å². The normalized spacial score (nSPS) is 11.6. The minimum atomic E-state index is -0.221. The molecule has 0 amide bonds. The van der Waals surface area contributed by atoms with Crippen LogP contribution in [0.2, 0.25) is 0 Å². The van der Waals surface area contributed by atoms with Crippen molar-refractivity contribution in [3.8, 4) is 0 Å². The standard InChI is InChI=1S/C15H22FN3/c1-4-19-14-8-7-12(16)10-13(14)18-15(19)6-5-9-17-11(2)3/h7-8,10-11,17H,4-6,9H2,1-3H3. The zero-order valence-electron chi connectivity index (χ0n) is 11.9. The Morgan fingerprint density at radius 1 is 1.37 bits per heavy atom. The van der Waals surface area contributed by atoms with Gasteiger partial charge in [0.25, 0.3) is 0 Å². The molecule has 3 nitrogen and oxygen atoms in total. The van der Waals surface area contributed by atoms with Crippen LogP contribution in [0.5, 0.6) is 0 Å². The van der Waals surface area contributed by atoms with Crippen molar-refractivity contribution >= 4 is 11.0 Å². The molecule has 1 aromatic carbocycles. The molecule has 0 atom stereocenters. The van der Waals surface area contributed by atoms with Crippen LogP contribution in [0.1, 0.15) is 33.0 Å². The van der Waals surface area contributed by atoms with Crippen molar-refractivity contribution in [1.29, 1.82) is 0 Å². The maximum Gasteiger partial charge on any atom is 0.125 e. The molecule has 4 heteroatoms. The van der Waals surface area contributed by atoms with Gasteiger partial charge in [-0.25, -0.2) is 9.37 Å². The highest BCUT2D eigenvalue weighted by atomic mass is 19.1. The lowest BCUT2D eigenvalue weighted by atomic mass is 10.2. The molecule has 0 aliphatic carbocycles. The van der Waals surface area contributed by atoms with Crippen LogP contribution in [0.3, 0.4) is 0 Å². The number of halogens is 1. The molecule has 0 fully saturated rings. The highest BCUT2D eigenvalue weighted by molar-refractivity contribution is 5.76. The van der Waals surface area contributed by atoms with Crippen LogP contribution >= 0.6 is 0 Å². The first-order chi connectivity index (χ1) is 9.11. The number of hydrogen-bond donors (Lipinski definition) is 1. The summed E-state index contributed by atoms with van der Waals surface area (Å²) in [5, 5.41) is 3.40. The fraction of sp³-hybridized carbons (Fsp3) is 0.533. The van der Waals surface area contributed by atoms with Gasteiger partial charge in [0.05, 0.1) is 11.0 Å². The van der Waals surface area contributed by atoms with E-state index in [2.05, 4.69) is 35.6 Å².